The van der Waals surface area contributed by atoms with E-state index < -0.39 is 0 Å². The summed E-state index contributed by atoms with van der Waals surface area (Å²) in [6, 6.07) is 9.85. The molecular weight excluding hydrogens is 264 g/mol. The van der Waals surface area contributed by atoms with E-state index >= 15 is 0 Å². The zero-order chi connectivity index (χ0) is 15.2. The molecule has 0 saturated heterocycles. The monoisotopic (exact) mass is 286 g/mol. The Morgan fingerprint density at radius 2 is 1.81 bits per heavy atom. The van der Waals surface area contributed by atoms with Crippen LogP contribution in [-0.2, 0) is 0 Å². The van der Waals surface area contributed by atoms with Gasteiger partial charge < -0.3 is 15.4 Å². The number of nitrogens with two attached hydrogens (primary N) is 1. The molecule has 2 rings (SSSR count). The van der Waals surface area contributed by atoms with Gasteiger partial charge >= 0.3 is 0 Å². The van der Waals surface area contributed by atoms with Gasteiger partial charge in [0.05, 0.1) is 12.8 Å². The quantitative estimate of drug-likeness (QED) is 0.884. The molecule has 112 valence electrons. The summed E-state index contributed by atoms with van der Waals surface area (Å²) < 4.78 is 5.46. The summed E-state index contributed by atoms with van der Waals surface area (Å²) >= 11 is 0. The van der Waals surface area contributed by atoms with Crippen molar-refractivity contribution in [3.05, 3.63) is 41.7 Å². The van der Waals surface area contributed by atoms with E-state index in [1.807, 2.05) is 44.2 Å². The average molecular weight is 286 g/mol. The Labute approximate surface area is 125 Å². The predicted octanol–water partition coefficient (Wildman–Crippen LogP) is 2.59. The number of hydrogen-bond donors (Lipinski definition) is 1. The van der Waals surface area contributed by atoms with E-state index in [0.717, 1.165) is 35.8 Å². The van der Waals surface area contributed by atoms with Gasteiger partial charge in [-0.25, -0.2) is 9.97 Å². The number of para-hydroxylation sites is 2. The topological polar surface area (TPSA) is 64.3 Å². The molecule has 0 aliphatic heterocycles. The highest BCUT2D eigenvalue weighted by atomic mass is 16.5. The first-order chi connectivity index (χ1) is 10.2. The fraction of sp³-hybridized carbons (Fsp3) is 0.375. The molecule has 0 amide bonds. The largest absolute Gasteiger partial charge is 0.495 e. The molecule has 1 aromatic carbocycles. The van der Waals surface area contributed by atoms with E-state index in [2.05, 4.69) is 14.9 Å². The second-order valence-electron chi connectivity index (χ2n) is 4.92. The SMILES string of the molecule is COc1ccccc1N(CCCN)c1nc(C)cc(C)n1. The van der Waals surface area contributed by atoms with E-state index in [4.69, 9.17) is 10.5 Å². The first kappa shape index (κ1) is 15.3. The Hall–Kier alpha value is -2.14. The maximum Gasteiger partial charge on any atom is 0.230 e. The van der Waals surface area contributed by atoms with Gasteiger partial charge in [-0.1, -0.05) is 12.1 Å². The van der Waals surface area contributed by atoms with Gasteiger partial charge in [0.2, 0.25) is 5.95 Å². The maximum atomic E-state index is 5.66. The van der Waals surface area contributed by atoms with Crippen LogP contribution in [0.4, 0.5) is 11.6 Å². The molecule has 5 heteroatoms. The van der Waals surface area contributed by atoms with Gasteiger partial charge in [0.25, 0.3) is 0 Å². The van der Waals surface area contributed by atoms with Crippen molar-refractivity contribution in [3.8, 4) is 5.75 Å². The molecular formula is C16H22N4O. The van der Waals surface area contributed by atoms with Crippen molar-refractivity contribution in [1.29, 1.82) is 0 Å². The summed E-state index contributed by atoms with van der Waals surface area (Å²) in [5.74, 6) is 1.49. The number of benzene rings is 1. The van der Waals surface area contributed by atoms with Crippen LogP contribution in [0, 0.1) is 13.8 Å². The lowest BCUT2D eigenvalue weighted by atomic mass is 10.2. The standard InChI is InChI=1S/C16H22N4O/c1-12-11-13(2)19-16(18-12)20(10-6-9-17)14-7-4-5-8-15(14)21-3/h4-5,7-8,11H,6,9-10,17H2,1-3H3. The zero-order valence-electron chi connectivity index (χ0n) is 12.8. The molecule has 21 heavy (non-hydrogen) atoms. The van der Waals surface area contributed by atoms with Crippen LogP contribution in [0.15, 0.2) is 30.3 Å². The highest BCUT2D eigenvalue weighted by Gasteiger charge is 2.16. The molecule has 0 unspecified atom stereocenters. The van der Waals surface area contributed by atoms with E-state index in [1.54, 1.807) is 7.11 Å². The number of methoxy groups -OCH3 is 1. The maximum absolute atomic E-state index is 5.66. The van der Waals surface area contributed by atoms with Gasteiger partial charge in [0, 0.05) is 17.9 Å². The van der Waals surface area contributed by atoms with Gasteiger partial charge in [0.1, 0.15) is 5.75 Å². The normalized spacial score (nSPS) is 10.5. The molecule has 0 spiro atoms. The average Bonchev–Trinajstić information content (AvgIpc) is 2.47. The lowest BCUT2D eigenvalue weighted by Gasteiger charge is -2.24. The number of rotatable bonds is 6. The minimum atomic E-state index is 0.621. The van der Waals surface area contributed by atoms with E-state index in [0.29, 0.717) is 12.5 Å². The minimum absolute atomic E-state index is 0.621. The van der Waals surface area contributed by atoms with Crippen LogP contribution >= 0.6 is 0 Å². The Kier molecular flexibility index (Phi) is 5.11. The molecule has 2 aromatic rings. The lowest BCUT2D eigenvalue weighted by molar-refractivity contribution is 0.415. The number of aryl methyl sites for hydroxylation is 2. The number of aromatic nitrogens is 2. The summed E-state index contributed by atoms with van der Waals surface area (Å²) in [5, 5.41) is 0. The third-order valence-electron chi connectivity index (χ3n) is 3.17. The number of nitrogens with zero attached hydrogens (tertiary/aromatic N) is 3. The van der Waals surface area contributed by atoms with Crippen LogP contribution in [0.25, 0.3) is 0 Å². The van der Waals surface area contributed by atoms with Crippen LogP contribution in [0.1, 0.15) is 17.8 Å². The fourth-order valence-electron chi connectivity index (χ4n) is 2.26. The van der Waals surface area contributed by atoms with Crippen molar-refractivity contribution < 1.29 is 4.74 Å². The summed E-state index contributed by atoms with van der Waals surface area (Å²) in [6.07, 6.45) is 0.856. The molecule has 5 nitrogen and oxygen atoms in total. The third kappa shape index (κ3) is 3.70. The molecule has 0 saturated carbocycles. The lowest BCUT2D eigenvalue weighted by Crippen LogP contribution is -2.24. The van der Waals surface area contributed by atoms with Crippen molar-refractivity contribution in [3.63, 3.8) is 0 Å². The van der Waals surface area contributed by atoms with E-state index in [9.17, 15) is 0 Å². The summed E-state index contributed by atoms with van der Waals surface area (Å²) in [6.45, 7) is 5.32. The Morgan fingerprint density at radius 1 is 1.14 bits per heavy atom. The van der Waals surface area contributed by atoms with E-state index in [1.165, 1.54) is 0 Å². The molecule has 0 atom stereocenters. The van der Waals surface area contributed by atoms with Gasteiger partial charge in [-0.3, -0.25) is 0 Å². The summed E-state index contributed by atoms with van der Waals surface area (Å²) in [4.78, 5) is 11.2. The first-order valence-corrected chi connectivity index (χ1v) is 7.08. The van der Waals surface area contributed by atoms with Gasteiger partial charge in [-0.05, 0) is 45.0 Å². The zero-order valence-corrected chi connectivity index (χ0v) is 12.8. The Balaban J connectivity index is 2.46. The number of anilines is 2. The smallest absolute Gasteiger partial charge is 0.230 e. The molecule has 0 aliphatic rings. The molecule has 0 aliphatic carbocycles. The van der Waals surface area contributed by atoms with Crippen molar-refractivity contribution in [1.82, 2.24) is 9.97 Å². The van der Waals surface area contributed by atoms with Crippen LogP contribution in [-0.4, -0.2) is 30.2 Å². The highest BCUT2D eigenvalue weighted by molar-refractivity contribution is 5.65. The van der Waals surface area contributed by atoms with Gasteiger partial charge in [-0.15, -0.1) is 0 Å². The Bertz CT molecular complexity index is 580. The van der Waals surface area contributed by atoms with Crippen LogP contribution in [0.5, 0.6) is 5.75 Å². The fourth-order valence-corrected chi connectivity index (χ4v) is 2.26. The van der Waals surface area contributed by atoms with Crippen molar-refractivity contribution >= 4 is 11.6 Å². The summed E-state index contributed by atoms with van der Waals surface area (Å²) in [7, 11) is 1.67. The Morgan fingerprint density at radius 3 is 2.43 bits per heavy atom. The van der Waals surface area contributed by atoms with Gasteiger partial charge in [-0.2, -0.15) is 0 Å². The second-order valence-corrected chi connectivity index (χ2v) is 4.92. The van der Waals surface area contributed by atoms with Crippen LogP contribution in [0.3, 0.4) is 0 Å². The number of hydrogen-bond acceptors (Lipinski definition) is 5. The molecule has 0 fully saturated rings. The molecule has 0 radical (unpaired) electrons. The third-order valence-corrected chi connectivity index (χ3v) is 3.17. The molecule has 1 aromatic heterocycles. The molecule has 1 heterocycles. The van der Waals surface area contributed by atoms with Crippen molar-refractivity contribution in [2.24, 2.45) is 5.73 Å². The van der Waals surface area contributed by atoms with E-state index in [-0.39, 0.29) is 0 Å². The second kappa shape index (κ2) is 7.04. The molecule has 2 N–H and O–H groups in total. The summed E-state index contributed by atoms with van der Waals surface area (Å²) in [5.41, 5.74) is 8.52. The number of ether oxygens (including phenoxy) is 1. The van der Waals surface area contributed by atoms with Crippen molar-refractivity contribution in [2.75, 3.05) is 25.1 Å². The van der Waals surface area contributed by atoms with Crippen LogP contribution < -0.4 is 15.4 Å². The predicted molar refractivity (Wildman–Crippen MR) is 85.2 cm³/mol. The van der Waals surface area contributed by atoms with Crippen LogP contribution in [0.2, 0.25) is 0 Å². The highest BCUT2D eigenvalue weighted by Crippen LogP contribution is 2.32. The van der Waals surface area contributed by atoms with Crippen molar-refractivity contribution in [2.45, 2.75) is 20.3 Å². The first-order valence-electron chi connectivity index (χ1n) is 7.08. The minimum Gasteiger partial charge on any atom is -0.495 e. The van der Waals surface area contributed by atoms with Gasteiger partial charge in [0.15, 0.2) is 0 Å². The molecule has 0 bridgehead atoms.